The van der Waals surface area contributed by atoms with Gasteiger partial charge in [0.15, 0.2) is 11.2 Å². The maximum absolute atomic E-state index is 6.18. The van der Waals surface area contributed by atoms with Gasteiger partial charge in [-0.2, -0.15) is 0 Å². The molecular weight excluding hydrogens is 578 g/mol. The first kappa shape index (κ1) is 25.8. The molecule has 0 radical (unpaired) electrons. The lowest BCUT2D eigenvalue weighted by Crippen LogP contribution is -1.94. The molecule has 0 bridgehead atoms. The Bertz CT molecular complexity index is 2600. The zero-order valence-corrected chi connectivity index (χ0v) is 25.1. The van der Waals surface area contributed by atoms with Gasteiger partial charge in [-0.3, -0.25) is 0 Å². The zero-order valence-electron chi connectivity index (χ0n) is 25.1. The Balaban J connectivity index is 1.17. The Morgan fingerprint density at radius 3 is 1.57 bits per heavy atom. The van der Waals surface area contributed by atoms with E-state index in [9.17, 15) is 0 Å². The van der Waals surface area contributed by atoms with Crippen molar-refractivity contribution < 1.29 is 8.83 Å². The van der Waals surface area contributed by atoms with Gasteiger partial charge in [-0.15, -0.1) is 0 Å². The Kier molecular flexibility index (Phi) is 5.51. The lowest BCUT2D eigenvalue weighted by Gasteiger charge is -2.11. The van der Waals surface area contributed by atoms with Crippen LogP contribution in [-0.2, 0) is 0 Å². The van der Waals surface area contributed by atoms with E-state index in [0.717, 1.165) is 60.8 Å². The van der Waals surface area contributed by atoms with Crippen molar-refractivity contribution in [2.45, 2.75) is 0 Å². The molecule has 5 heteroatoms. The van der Waals surface area contributed by atoms with Crippen LogP contribution in [0.4, 0.5) is 0 Å². The van der Waals surface area contributed by atoms with Gasteiger partial charge in [-0.1, -0.05) is 78.9 Å². The molecule has 220 valence electrons. The number of para-hydroxylation sites is 4. The van der Waals surface area contributed by atoms with E-state index in [1.807, 2.05) is 48.5 Å². The number of aromatic nitrogens is 3. The lowest BCUT2D eigenvalue weighted by molar-refractivity contribution is 0.619. The molecule has 0 saturated heterocycles. The van der Waals surface area contributed by atoms with Crippen molar-refractivity contribution >= 4 is 54.8 Å². The SMILES string of the molecule is c1ccc2c(-c3ccc(-n4c5ccc(-c6nc7ccccc7o6)cc5c5cc(-c6nc7ccccc7o6)ccc54)cc3)cccc2c1. The summed E-state index contributed by atoms with van der Waals surface area (Å²) in [7, 11) is 0. The minimum absolute atomic E-state index is 0.601. The molecule has 0 unspecified atom stereocenters. The van der Waals surface area contributed by atoms with Crippen LogP contribution in [0.15, 0.2) is 160 Å². The molecule has 7 aromatic carbocycles. The van der Waals surface area contributed by atoms with Crippen LogP contribution in [0.1, 0.15) is 0 Å². The van der Waals surface area contributed by atoms with Gasteiger partial charge in [0.05, 0.1) is 11.0 Å². The largest absolute Gasteiger partial charge is 0.436 e. The molecule has 3 aromatic heterocycles. The van der Waals surface area contributed by atoms with Gasteiger partial charge in [0.25, 0.3) is 0 Å². The van der Waals surface area contributed by atoms with Gasteiger partial charge in [0, 0.05) is 27.6 Å². The standard InChI is InChI=1S/C42H25N3O2/c1-2-10-31-26(8-1)9-7-11-32(31)27-16-20-30(21-17-27)45-37-22-18-28(41-43-35-12-3-5-14-39(35)46-41)24-33(37)34-25-29(19-23-38(34)45)42-44-36-13-4-6-15-40(36)47-42/h1-25H. The molecule has 0 aliphatic carbocycles. The van der Waals surface area contributed by atoms with Crippen LogP contribution in [0.2, 0.25) is 0 Å². The summed E-state index contributed by atoms with van der Waals surface area (Å²) < 4.78 is 14.7. The fourth-order valence-electron chi connectivity index (χ4n) is 6.83. The van der Waals surface area contributed by atoms with Gasteiger partial charge < -0.3 is 13.4 Å². The second kappa shape index (κ2) is 10.0. The Labute approximate surface area is 269 Å². The van der Waals surface area contributed by atoms with E-state index in [2.05, 4.69) is 108 Å². The van der Waals surface area contributed by atoms with E-state index >= 15 is 0 Å². The van der Waals surface area contributed by atoms with Crippen LogP contribution in [0.5, 0.6) is 0 Å². The van der Waals surface area contributed by atoms with Crippen LogP contribution in [0, 0.1) is 0 Å². The summed E-state index contributed by atoms with van der Waals surface area (Å²) in [6.07, 6.45) is 0. The van der Waals surface area contributed by atoms with E-state index in [1.54, 1.807) is 0 Å². The summed E-state index contributed by atoms with van der Waals surface area (Å²) in [6.45, 7) is 0. The van der Waals surface area contributed by atoms with Gasteiger partial charge in [0.2, 0.25) is 11.8 Å². The lowest BCUT2D eigenvalue weighted by atomic mass is 9.98. The third-order valence-electron chi connectivity index (χ3n) is 9.07. The third-order valence-corrected chi connectivity index (χ3v) is 9.07. The molecule has 0 spiro atoms. The molecular formula is C42H25N3O2. The van der Waals surface area contributed by atoms with Crippen molar-refractivity contribution in [3.05, 3.63) is 152 Å². The number of rotatable bonds is 4. The van der Waals surface area contributed by atoms with E-state index in [-0.39, 0.29) is 0 Å². The maximum Gasteiger partial charge on any atom is 0.227 e. The van der Waals surface area contributed by atoms with E-state index in [4.69, 9.17) is 18.8 Å². The topological polar surface area (TPSA) is 57.0 Å². The first-order valence-corrected chi connectivity index (χ1v) is 15.7. The van der Waals surface area contributed by atoms with Gasteiger partial charge >= 0.3 is 0 Å². The van der Waals surface area contributed by atoms with Crippen LogP contribution in [0.3, 0.4) is 0 Å². The highest BCUT2D eigenvalue weighted by atomic mass is 16.4. The molecule has 0 amide bonds. The molecule has 10 rings (SSSR count). The van der Waals surface area contributed by atoms with Crippen LogP contribution in [-0.4, -0.2) is 14.5 Å². The van der Waals surface area contributed by atoms with E-state index in [0.29, 0.717) is 11.8 Å². The Morgan fingerprint density at radius 1 is 0.426 bits per heavy atom. The summed E-state index contributed by atoms with van der Waals surface area (Å²) >= 11 is 0. The number of nitrogens with zero attached hydrogens (tertiary/aromatic N) is 3. The minimum atomic E-state index is 0.601. The molecule has 10 aromatic rings. The predicted molar refractivity (Wildman–Crippen MR) is 190 cm³/mol. The second-order valence-corrected chi connectivity index (χ2v) is 11.8. The number of oxazole rings is 2. The van der Waals surface area contributed by atoms with Gasteiger partial charge in [-0.05, 0) is 94.7 Å². The zero-order chi connectivity index (χ0) is 30.9. The number of hydrogen-bond acceptors (Lipinski definition) is 4. The van der Waals surface area contributed by atoms with Crippen LogP contribution < -0.4 is 0 Å². The molecule has 5 nitrogen and oxygen atoms in total. The average molecular weight is 604 g/mol. The van der Waals surface area contributed by atoms with Gasteiger partial charge in [0.1, 0.15) is 11.0 Å². The summed E-state index contributed by atoms with van der Waals surface area (Å²) in [5, 5.41) is 4.67. The Morgan fingerprint density at radius 2 is 0.957 bits per heavy atom. The van der Waals surface area contributed by atoms with Crippen molar-refractivity contribution in [1.82, 2.24) is 14.5 Å². The molecule has 0 N–H and O–H groups in total. The highest BCUT2D eigenvalue weighted by Crippen LogP contribution is 2.38. The molecule has 0 fully saturated rings. The summed E-state index contributed by atoms with van der Waals surface area (Å²) in [5.74, 6) is 1.20. The average Bonchev–Trinajstić information content (AvgIpc) is 3.85. The van der Waals surface area contributed by atoms with E-state index < -0.39 is 0 Å². The van der Waals surface area contributed by atoms with Gasteiger partial charge in [-0.25, -0.2) is 9.97 Å². The summed E-state index contributed by atoms with van der Waals surface area (Å²) in [4.78, 5) is 9.57. The smallest absolute Gasteiger partial charge is 0.227 e. The molecule has 47 heavy (non-hydrogen) atoms. The maximum atomic E-state index is 6.18. The molecule has 0 aliphatic heterocycles. The van der Waals surface area contributed by atoms with Crippen molar-refractivity contribution in [1.29, 1.82) is 0 Å². The molecule has 0 atom stereocenters. The number of hydrogen-bond donors (Lipinski definition) is 0. The second-order valence-electron chi connectivity index (χ2n) is 11.8. The monoisotopic (exact) mass is 603 g/mol. The minimum Gasteiger partial charge on any atom is -0.436 e. The number of benzene rings is 7. The first-order chi connectivity index (χ1) is 23.3. The first-order valence-electron chi connectivity index (χ1n) is 15.7. The third kappa shape index (κ3) is 4.10. The van der Waals surface area contributed by atoms with Crippen molar-refractivity contribution in [2.75, 3.05) is 0 Å². The quantitative estimate of drug-likeness (QED) is 0.201. The fourth-order valence-corrected chi connectivity index (χ4v) is 6.83. The number of fused-ring (bicyclic) bond motifs is 6. The predicted octanol–water partition coefficient (Wildman–Crippen LogP) is 11.2. The van der Waals surface area contributed by atoms with Crippen molar-refractivity contribution in [3.63, 3.8) is 0 Å². The van der Waals surface area contributed by atoms with Crippen LogP contribution in [0.25, 0.3) is 94.5 Å². The van der Waals surface area contributed by atoms with Crippen molar-refractivity contribution in [3.8, 4) is 39.7 Å². The van der Waals surface area contributed by atoms with E-state index in [1.165, 1.54) is 21.9 Å². The summed E-state index contributed by atoms with van der Waals surface area (Å²) in [5.41, 5.74) is 10.7. The van der Waals surface area contributed by atoms with Crippen molar-refractivity contribution in [2.24, 2.45) is 0 Å². The highest BCUT2D eigenvalue weighted by molar-refractivity contribution is 6.11. The summed E-state index contributed by atoms with van der Waals surface area (Å²) in [6, 6.07) is 52.5. The molecule has 0 saturated carbocycles. The highest BCUT2D eigenvalue weighted by Gasteiger charge is 2.18. The fraction of sp³-hybridized carbons (Fsp3) is 0. The molecule has 3 heterocycles. The normalized spacial score (nSPS) is 11.8. The molecule has 0 aliphatic rings. The Hall–Kier alpha value is -6.46. The van der Waals surface area contributed by atoms with Crippen LogP contribution >= 0.6 is 0 Å².